The molecule has 1 heterocycles. The van der Waals surface area contributed by atoms with Gasteiger partial charge in [-0.05, 0) is 30.3 Å². The molecule has 0 aliphatic heterocycles. The minimum absolute atomic E-state index is 0.198. The fourth-order valence-corrected chi connectivity index (χ4v) is 2.14. The van der Waals surface area contributed by atoms with E-state index in [1.807, 2.05) is 0 Å². The molecule has 2 aromatic rings. The van der Waals surface area contributed by atoms with Crippen LogP contribution in [0.25, 0.3) is 0 Å². The number of benzene rings is 1. The van der Waals surface area contributed by atoms with E-state index in [1.54, 1.807) is 19.2 Å². The first-order valence-electron chi connectivity index (χ1n) is 6.51. The Morgan fingerprint density at radius 2 is 2.25 bits per heavy atom. The van der Waals surface area contributed by atoms with Crippen LogP contribution in [0.4, 0.5) is 4.39 Å². The smallest absolute Gasteiger partial charge is 0.176 e. The van der Waals surface area contributed by atoms with E-state index < -0.39 is 0 Å². The van der Waals surface area contributed by atoms with Crippen molar-refractivity contribution in [2.45, 2.75) is 25.8 Å². The first kappa shape index (κ1) is 14.9. The van der Waals surface area contributed by atoms with E-state index in [9.17, 15) is 4.39 Å². The van der Waals surface area contributed by atoms with Crippen molar-refractivity contribution in [3.63, 3.8) is 0 Å². The molecular formula is C13H17ClFN5. The maximum absolute atomic E-state index is 14.0. The molecule has 0 fully saturated rings. The van der Waals surface area contributed by atoms with Gasteiger partial charge in [0.2, 0.25) is 0 Å². The van der Waals surface area contributed by atoms with Gasteiger partial charge in [-0.1, -0.05) is 24.6 Å². The molecule has 0 bridgehead atoms. The zero-order valence-corrected chi connectivity index (χ0v) is 12.2. The number of rotatable bonds is 6. The summed E-state index contributed by atoms with van der Waals surface area (Å²) in [5, 5.41) is 15.6. The molecule has 0 spiro atoms. The van der Waals surface area contributed by atoms with E-state index in [2.05, 4.69) is 27.7 Å². The molecule has 1 unspecified atom stereocenters. The second-order valence-corrected chi connectivity index (χ2v) is 5.01. The van der Waals surface area contributed by atoms with Crippen molar-refractivity contribution in [2.75, 3.05) is 6.54 Å². The molecule has 1 aromatic carbocycles. The zero-order valence-electron chi connectivity index (χ0n) is 11.5. The van der Waals surface area contributed by atoms with E-state index in [-0.39, 0.29) is 11.9 Å². The Bertz CT molecular complexity index is 572. The van der Waals surface area contributed by atoms with Gasteiger partial charge in [-0.3, -0.25) is 0 Å². The van der Waals surface area contributed by atoms with Gasteiger partial charge in [0.15, 0.2) is 5.82 Å². The van der Waals surface area contributed by atoms with Crippen LogP contribution in [0.2, 0.25) is 5.02 Å². The summed E-state index contributed by atoms with van der Waals surface area (Å²) in [5.74, 6) is 0.255. The van der Waals surface area contributed by atoms with Gasteiger partial charge >= 0.3 is 0 Å². The molecular weight excluding hydrogens is 281 g/mol. The average molecular weight is 298 g/mol. The largest absolute Gasteiger partial charge is 0.309 e. The van der Waals surface area contributed by atoms with Crippen molar-refractivity contribution < 1.29 is 4.39 Å². The second-order valence-electron chi connectivity index (χ2n) is 4.57. The van der Waals surface area contributed by atoms with Crippen LogP contribution < -0.4 is 5.32 Å². The number of nitrogens with one attached hydrogen (secondary N) is 1. The average Bonchev–Trinajstić information content (AvgIpc) is 2.80. The van der Waals surface area contributed by atoms with Crippen molar-refractivity contribution in [3.8, 4) is 0 Å². The molecule has 1 aromatic heterocycles. The Kier molecular flexibility index (Phi) is 5.03. The lowest BCUT2D eigenvalue weighted by Gasteiger charge is -2.18. The Morgan fingerprint density at radius 1 is 1.45 bits per heavy atom. The molecule has 20 heavy (non-hydrogen) atoms. The maximum atomic E-state index is 14.0. The van der Waals surface area contributed by atoms with Crippen LogP contribution in [0.15, 0.2) is 18.2 Å². The first-order chi connectivity index (χ1) is 9.60. The molecule has 5 nitrogen and oxygen atoms in total. The molecule has 0 radical (unpaired) electrons. The number of hydrogen-bond acceptors (Lipinski definition) is 4. The third kappa shape index (κ3) is 3.74. The van der Waals surface area contributed by atoms with Crippen LogP contribution in [0.1, 0.15) is 30.8 Å². The van der Waals surface area contributed by atoms with Crippen molar-refractivity contribution in [2.24, 2.45) is 7.05 Å². The van der Waals surface area contributed by atoms with Crippen LogP contribution in [-0.4, -0.2) is 26.8 Å². The van der Waals surface area contributed by atoms with Crippen LogP contribution >= 0.6 is 11.6 Å². The standard InChI is InChI=1S/C13H17ClFN5/c1-3-6-16-12(8-13-17-19-20(2)18-13)10-5-4-9(14)7-11(10)15/h4-5,7,12,16H,3,6,8H2,1-2H3. The van der Waals surface area contributed by atoms with Gasteiger partial charge < -0.3 is 5.32 Å². The fraction of sp³-hybridized carbons (Fsp3) is 0.462. The summed E-state index contributed by atoms with van der Waals surface area (Å²) < 4.78 is 14.0. The molecule has 0 amide bonds. The molecule has 0 aliphatic rings. The van der Waals surface area contributed by atoms with Crippen molar-refractivity contribution >= 4 is 11.6 Å². The number of halogens is 2. The summed E-state index contributed by atoms with van der Waals surface area (Å²) in [4.78, 5) is 1.39. The summed E-state index contributed by atoms with van der Waals surface area (Å²) >= 11 is 5.79. The van der Waals surface area contributed by atoms with Gasteiger partial charge in [0, 0.05) is 23.0 Å². The zero-order chi connectivity index (χ0) is 14.5. The highest BCUT2D eigenvalue weighted by Crippen LogP contribution is 2.23. The molecule has 2 rings (SSSR count). The quantitative estimate of drug-likeness (QED) is 0.889. The Hall–Kier alpha value is -1.53. The van der Waals surface area contributed by atoms with Crippen molar-refractivity contribution in [3.05, 3.63) is 40.4 Å². The second kappa shape index (κ2) is 6.76. The molecule has 0 saturated carbocycles. The summed E-state index contributed by atoms with van der Waals surface area (Å²) in [5.41, 5.74) is 0.565. The third-order valence-corrected chi connectivity index (χ3v) is 3.15. The Balaban J connectivity index is 2.22. The highest BCUT2D eigenvalue weighted by molar-refractivity contribution is 6.30. The van der Waals surface area contributed by atoms with E-state index in [0.717, 1.165) is 13.0 Å². The number of nitrogens with zero attached hydrogens (tertiary/aromatic N) is 4. The SMILES string of the molecule is CCCNC(Cc1nnn(C)n1)c1ccc(Cl)cc1F. The Labute approximate surface area is 122 Å². The monoisotopic (exact) mass is 297 g/mol. The van der Waals surface area contributed by atoms with Crippen LogP contribution in [0.5, 0.6) is 0 Å². The molecule has 7 heteroatoms. The van der Waals surface area contributed by atoms with Crippen LogP contribution in [-0.2, 0) is 13.5 Å². The third-order valence-electron chi connectivity index (χ3n) is 2.92. The van der Waals surface area contributed by atoms with Crippen LogP contribution in [0, 0.1) is 5.82 Å². The summed E-state index contributed by atoms with van der Waals surface area (Å²) in [6, 6.07) is 4.50. The maximum Gasteiger partial charge on any atom is 0.176 e. The van der Waals surface area contributed by atoms with Gasteiger partial charge in [-0.15, -0.1) is 10.2 Å². The van der Waals surface area contributed by atoms with Gasteiger partial charge in [-0.2, -0.15) is 4.80 Å². The lowest BCUT2D eigenvalue weighted by Crippen LogP contribution is -2.25. The van der Waals surface area contributed by atoms with E-state index in [1.165, 1.54) is 10.9 Å². The number of aryl methyl sites for hydroxylation is 1. The predicted octanol–water partition coefficient (Wildman–Crippen LogP) is 2.29. The fourth-order valence-electron chi connectivity index (χ4n) is 1.98. The van der Waals surface area contributed by atoms with E-state index in [0.29, 0.717) is 22.8 Å². The Morgan fingerprint density at radius 3 is 2.85 bits per heavy atom. The van der Waals surface area contributed by atoms with Crippen LogP contribution in [0.3, 0.4) is 0 Å². The van der Waals surface area contributed by atoms with Crippen molar-refractivity contribution in [1.82, 2.24) is 25.5 Å². The lowest BCUT2D eigenvalue weighted by atomic mass is 10.0. The van der Waals surface area contributed by atoms with Crippen molar-refractivity contribution in [1.29, 1.82) is 0 Å². The molecule has 1 atom stereocenters. The van der Waals surface area contributed by atoms with Gasteiger partial charge in [0.1, 0.15) is 5.82 Å². The minimum Gasteiger partial charge on any atom is -0.309 e. The lowest BCUT2D eigenvalue weighted by molar-refractivity contribution is 0.488. The summed E-state index contributed by atoms with van der Waals surface area (Å²) in [7, 11) is 1.70. The predicted molar refractivity (Wildman–Crippen MR) is 74.9 cm³/mol. The highest BCUT2D eigenvalue weighted by atomic mass is 35.5. The van der Waals surface area contributed by atoms with Gasteiger partial charge in [0.25, 0.3) is 0 Å². The number of aromatic nitrogens is 4. The van der Waals surface area contributed by atoms with E-state index in [4.69, 9.17) is 11.6 Å². The normalized spacial score (nSPS) is 12.6. The molecule has 0 saturated heterocycles. The first-order valence-corrected chi connectivity index (χ1v) is 6.89. The molecule has 0 aliphatic carbocycles. The minimum atomic E-state index is -0.324. The molecule has 1 N–H and O–H groups in total. The van der Waals surface area contributed by atoms with Gasteiger partial charge in [-0.25, -0.2) is 4.39 Å². The summed E-state index contributed by atoms with van der Waals surface area (Å²) in [6.45, 7) is 2.84. The highest BCUT2D eigenvalue weighted by Gasteiger charge is 2.18. The van der Waals surface area contributed by atoms with E-state index >= 15 is 0 Å². The molecule has 108 valence electrons. The topological polar surface area (TPSA) is 55.6 Å². The number of hydrogen-bond donors (Lipinski definition) is 1. The summed E-state index contributed by atoms with van der Waals surface area (Å²) in [6.07, 6.45) is 1.44. The van der Waals surface area contributed by atoms with Gasteiger partial charge in [0.05, 0.1) is 7.05 Å². The number of tetrazole rings is 1.